The van der Waals surface area contributed by atoms with Gasteiger partial charge in [-0.3, -0.25) is 0 Å². The first-order chi connectivity index (χ1) is 12.0. The summed E-state index contributed by atoms with van der Waals surface area (Å²) in [5.74, 6) is 0. The molecule has 0 amide bonds. The van der Waals surface area contributed by atoms with Crippen molar-refractivity contribution < 1.29 is 4.80 Å². The Morgan fingerprint density at radius 2 is 1.60 bits per heavy atom. The molecule has 1 N–H and O–H groups in total. The predicted octanol–water partition coefficient (Wildman–Crippen LogP) is 4.83. The van der Waals surface area contributed by atoms with Crippen LogP contribution in [-0.4, -0.2) is 17.7 Å². The average Bonchev–Trinajstić information content (AvgIpc) is 2.90. The van der Waals surface area contributed by atoms with Gasteiger partial charge in [-0.1, -0.05) is 68.3 Å². The normalized spacial score (nSPS) is 12.0. The largest absolute Gasteiger partial charge is 0.427 e. The van der Waals surface area contributed by atoms with E-state index >= 15 is 0 Å². The molecule has 0 bridgehead atoms. The fraction of sp³-hybridized carbons (Fsp3) is 0.364. The molecule has 0 radical (unpaired) electrons. The Morgan fingerprint density at radius 1 is 0.920 bits per heavy atom. The molecule has 0 saturated heterocycles. The zero-order valence-electron chi connectivity index (χ0n) is 15.6. The second-order valence-corrected chi connectivity index (χ2v) is 11.0. The van der Waals surface area contributed by atoms with E-state index in [0.717, 1.165) is 13.0 Å². The molecule has 3 aromatic rings. The lowest BCUT2D eigenvalue weighted by Gasteiger charge is -2.21. The number of aryl methyl sites for hydroxylation is 1. The van der Waals surface area contributed by atoms with Gasteiger partial charge in [0.25, 0.3) is 0 Å². The number of rotatable bonds is 7. The zero-order chi connectivity index (χ0) is 17.9. The third-order valence-corrected chi connectivity index (χ3v) is 6.60. The molecule has 0 aliphatic heterocycles. The van der Waals surface area contributed by atoms with Crippen molar-refractivity contribution in [2.45, 2.75) is 52.2 Å². The van der Waals surface area contributed by atoms with Crippen molar-refractivity contribution in [1.29, 1.82) is 0 Å². The molecule has 25 heavy (non-hydrogen) atoms. The highest BCUT2D eigenvalue weighted by atomic mass is 28.4. The third kappa shape index (κ3) is 3.88. The van der Waals surface area contributed by atoms with E-state index in [2.05, 4.69) is 66.1 Å². The summed E-state index contributed by atoms with van der Waals surface area (Å²) in [4.78, 5) is 11.1. The summed E-state index contributed by atoms with van der Waals surface area (Å²) in [6.07, 6.45) is 4.71. The standard InChI is InChI=1S/C22H29NOSi/c1-4-5-7-15-20-19-14-10-11-16-21(19)23(22(20)25(2,3)24)17-18-12-8-6-9-13-18/h6,8-14,16,24H,4-5,7,15,17H2,1-3H3. The zero-order valence-corrected chi connectivity index (χ0v) is 16.6. The second kappa shape index (κ2) is 7.59. The van der Waals surface area contributed by atoms with Crippen LogP contribution < -0.4 is 5.32 Å². The maximum Gasteiger partial charge on any atom is 0.231 e. The topological polar surface area (TPSA) is 25.2 Å². The molecule has 2 nitrogen and oxygen atoms in total. The summed E-state index contributed by atoms with van der Waals surface area (Å²) in [6, 6.07) is 19.2. The fourth-order valence-electron chi connectivity index (χ4n) is 3.81. The molecule has 0 fully saturated rings. The summed E-state index contributed by atoms with van der Waals surface area (Å²) in [6.45, 7) is 7.16. The van der Waals surface area contributed by atoms with Crippen LogP contribution in [0.3, 0.4) is 0 Å². The lowest BCUT2D eigenvalue weighted by molar-refractivity contribution is 0.563. The first-order valence-electron chi connectivity index (χ1n) is 9.39. The van der Waals surface area contributed by atoms with E-state index in [0.29, 0.717) is 0 Å². The third-order valence-electron chi connectivity index (χ3n) is 4.87. The van der Waals surface area contributed by atoms with Gasteiger partial charge in [-0.2, -0.15) is 0 Å². The van der Waals surface area contributed by atoms with Crippen molar-refractivity contribution in [3.05, 3.63) is 65.7 Å². The quantitative estimate of drug-likeness (QED) is 0.479. The van der Waals surface area contributed by atoms with Crippen molar-refractivity contribution in [1.82, 2.24) is 4.57 Å². The van der Waals surface area contributed by atoms with E-state index in [9.17, 15) is 4.80 Å². The van der Waals surface area contributed by atoms with Gasteiger partial charge in [0.05, 0.1) is 0 Å². The maximum absolute atomic E-state index is 11.1. The lowest BCUT2D eigenvalue weighted by Crippen LogP contribution is -2.48. The van der Waals surface area contributed by atoms with E-state index < -0.39 is 8.32 Å². The van der Waals surface area contributed by atoms with Gasteiger partial charge in [0, 0.05) is 22.8 Å². The number of unbranched alkanes of at least 4 members (excludes halogenated alkanes) is 2. The van der Waals surface area contributed by atoms with Crippen LogP contribution in [0.4, 0.5) is 0 Å². The molecule has 0 aliphatic carbocycles. The summed E-state index contributed by atoms with van der Waals surface area (Å²) in [5, 5.41) is 2.52. The first kappa shape index (κ1) is 18.0. The van der Waals surface area contributed by atoms with Crippen molar-refractivity contribution in [3.8, 4) is 0 Å². The molecular formula is C22H29NOSi. The van der Waals surface area contributed by atoms with E-state index in [-0.39, 0.29) is 0 Å². The van der Waals surface area contributed by atoms with E-state index in [4.69, 9.17) is 0 Å². The van der Waals surface area contributed by atoms with Crippen molar-refractivity contribution >= 4 is 24.5 Å². The average molecular weight is 352 g/mol. The predicted molar refractivity (Wildman–Crippen MR) is 110 cm³/mol. The number of nitrogens with zero attached hydrogens (tertiary/aromatic N) is 1. The van der Waals surface area contributed by atoms with Crippen molar-refractivity contribution in [2.24, 2.45) is 0 Å². The van der Waals surface area contributed by atoms with Gasteiger partial charge < -0.3 is 9.36 Å². The summed E-state index contributed by atoms with van der Waals surface area (Å²) in [7, 11) is -2.46. The molecule has 3 rings (SSSR count). The summed E-state index contributed by atoms with van der Waals surface area (Å²) < 4.78 is 2.37. The minimum atomic E-state index is -2.46. The van der Waals surface area contributed by atoms with Crippen LogP contribution >= 0.6 is 0 Å². The van der Waals surface area contributed by atoms with Crippen LogP contribution in [0.2, 0.25) is 13.1 Å². The number of fused-ring (bicyclic) bond motifs is 1. The number of hydrogen-bond donors (Lipinski definition) is 1. The second-order valence-electron chi connectivity index (χ2n) is 7.43. The SMILES string of the molecule is CCCCCc1c([Si](C)(C)O)n(Cc2ccccc2)c2ccccc12. The number of aromatic nitrogens is 1. The van der Waals surface area contributed by atoms with Gasteiger partial charge in [0.1, 0.15) is 0 Å². The van der Waals surface area contributed by atoms with Crippen LogP contribution in [0.1, 0.15) is 37.3 Å². The minimum absolute atomic E-state index is 0.821. The van der Waals surface area contributed by atoms with Crippen molar-refractivity contribution in [2.75, 3.05) is 0 Å². The molecule has 1 aromatic heterocycles. The molecule has 1 heterocycles. The highest BCUT2D eigenvalue weighted by Gasteiger charge is 2.30. The smallest absolute Gasteiger partial charge is 0.231 e. The van der Waals surface area contributed by atoms with E-state index in [1.807, 2.05) is 13.1 Å². The molecule has 3 heteroatoms. The Labute approximate surface area is 152 Å². The minimum Gasteiger partial charge on any atom is -0.427 e. The van der Waals surface area contributed by atoms with Crippen LogP contribution in [0.15, 0.2) is 54.6 Å². The van der Waals surface area contributed by atoms with Crippen LogP contribution in [0.25, 0.3) is 10.9 Å². The Kier molecular flexibility index (Phi) is 5.45. The molecule has 0 atom stereocenters. The molecule has 0 spiro atoms. The Bertz CT molecular complexity index is 830. The van der Waals surface area contributed by atoms with Gasteiger partial charge in [-0.25, -0.2) is 0 Å². The molecule has 0 aliphatic rings. The van der Waals surface area contributed by atoms with Crippen LogP contribution in [-0.2, 0) is 13.0 Å². The van der Waals surface area contributed by atoms with Crippen LogP contribution in [0.5, 0.6) is 0 Å². The highest BCUT2D eigenvalue weighted by molar-refractivity contribution is 6.83. The Balaban J connectivity index is 2.16. The van der Waals surface area contributed by atoms with Gasteiger partial charge in [0.2, 0.25) is 8.32 Å². The molecular weight excluding hydrogens is 322 g/mol. The van der Waals surface area contributed by atoms with Crippen LogP contribution in [0, 0.1) is 0 Å². The maximum atomic E-state index is 11.1. The van der Waals surface area contributed by atoms with E-state index in [1.54, 1.807) is 0 Å². The van der Waals surface area contributed by atoms with Gasteiger partial charge >= 0.3 is 0 Å². The Hall–Kier alpha value is -1.84. The van der Waals surface area contributed by atoms with E-state index in [1.165, 1.54) is 46.6 Å². The fourth-order valence-corrected chi connectivity index (χ4v) is 5.67. The monoisotopic (exact) mass is 351 g/mol. The number of para-hydroxylation sites is 1. The lowest BCUT2D eigenvalue weighted by atomic mass is 10.1. The van der Waals surface area contributed by atoms with Crippen molar-refractivity contribution in [3.63, 3.8) is 0 Å². The number of hydrogen-bond acceptors (Lipinski definition) is 1. The van der Waals surface area contributed by atoms with Gasteiger partial charge in [0.15, 0.2) is 0 Å². The highest BCUT2D eigenvalue weighted by Crippen LogP contribution is 2.25. The Morgan fingerprint density at radius 3 is 2.28 bits per heavy atom. The summed E-state index contributed by atoms with van der Waals surface area (Å²) >= 11 is 0. The molecule has 0 saturated carbocycles. The van der Waals surface area contributed by atoms with Gasteiger partial charge in [-0.15, -0.1) is 0 Å². The first-order valence-corrected chi connectivity index (χ1v) is 12.3. The summed E-state index contributed by atoms with van der Waals surface area (Å²) in [5.41, 5.74) is 3.91. The number of benzene rings is 2. The molecule has 2 aromatic carbocycles. The van der Waals surface area contributed by atoms with Gasteiger partial charge in [-0.05, 0) is 43.1 Å². The molecule has 0 unspecified atom stereocenters. The molecule has 132 valence electrons.